The van der Waals surface area contributed by atoms with Gasteiger partial charge in [-0.2, -0.15) is 0 Å². The van der Waals surface area contributed by atoms with Crippen LogP contribution in [0.4, 0.5) is 0 Å². The first-order valence-electron chi connectivity index (χ1n) is 10.5. The molecule has 2 heteroatoms. The van der Waals surface area contributed by atoms with Crippen LogP contribution < -0.4 is 0 Å². The van der Waals surface area contributed by atoms with Gasteiger partial charge in [0.05, 0.1) is 12.2 Å². The lowest BCUT2D eigenvalue weighted by Crippen LogP contribution is -2.61. The van der Waals surface area contributed by atoms with Gasteiger partial charge in [-0.05, 0) is 80.5 Å². The monoisotopic (exact) mass is 318 g/mol. The second kappa shape index (κ2) is 4.75. The van der Waals surface area contributed by atoms with Gasteiger partial charge in [-0.15, -0.1) is 0 Å². The molecule has 2 N–H and O–H groups in total. The smallest absolute Gasteiger partial charge is 0.0632 e. The average Bonchev–Trinajstić information content (AvgIpc) is 3.32. The van der Waals surface area contributed by atoms with Crippen LogP contribution in [0.3, 0.4) is 0 Å². The molecule has 0 aromatic rings. The van der Waals surface area contributed by atoms with Gasteiger partial charge in [0.2, 0.25) is 0 Å². The van der Waals surface area contributed by atoms with Crippen molar-refractivity contribution in [3.8, 4) is 0 Å². The minimum absolute atomic E-state index is 0.155. The van der Waals surface area contributed by atoms with Crippen molar-refractivity contribution >= 4 is 0 Å². The van der Waals surface area contributed by atoms with Gasteiger partial charge in [0.1, 0.15) is 0 Å². The van der Waals surface area contributed by atoms with E-state index < -0.39 is 0 Å². The fraction of sp³-hybridized carbons (Fsp3) is 1.00. The van der Waals surface area contributed by atoms with Crippen molar-refractivity contribution in [3.05, 3.63) is 0 Å². The Morgan fingerprint density at radius 3 is 1.70 bits per heavy atom. The molecular weight excluding hydrogens is 284 g/mol. The standard InChI is InChI=1S/C21H34O2/c22-16-6-14-19(10-3-4-11-19)21(16)17(23)7-15-20(21)13-5-12-18(20)8-1-2-9-18/h16-17,22-23H,1-15H2/t16-,17-,20-,21-/m0/s1. The second-order valence-electron chi connectivity index (χ2n) is 9.89. The van der Waals surface area contributed by atoms with E-state index in [1.165, 1.54) is 83.5 Å². The van der Waals surface area contributed by atoms with Crippen LogP contribution in [0, 0.1) is 21.7 Å². The van der Waals surface area contributed by atoms with E-state index in [0.29, 0.717) is 5.41 Å². The minimum Gasteiger partial charge on any atom is -0.392 e. The summed E-state index contributed by atoms with van der Waals surface area (Å²) in [4.78, 5) is 0. The summed E-state index contributed by atoms with van der Waals surface area (Å²) in [6.07, 6.45) is 18.6. The van der Waals surface area contributed by atoms with E-state index in [9.17, 15) is 10.2 Å². The highest BCUT2D eigenvalue weighted by Gasteiger charge is 2.79. The molecule has 0 bridgehead atoms. The molecule has 5 saturated carbocycles. The molecule has 5 rings (SSSR count). The van der Waals surface area contributed by atoms with E-state index in [1.54, 1.807) is 0 Å². The molecule has 0 amide bonds. The van der Waals surface area contributed by atoms with Gasteiger partial charge in [0, 0.05) is 5.41 Å². The fourth-order valence-electron chi connectivity index (χ4n) is 9.50. The van der Waals surface area contributed by atoms with Crippen LogP contribution in [0.2, 0.25) is 0 Å². The summed E-state index contributed by atoms with van der Waals surface area (Å²) < 4.78 is 0. The third-order valence-electron chi connectivity index (χ3n) is 9.86. The van der Waals surface area contributed by atoms with Crippen molar-refractivity contribution in [2.75, 3.05) is 0 Å². The second-order valence-corrected chi connectivity index (χ2v) is 9.89. The third kappa shape index (κ3) is 1.47. The van der Waals surface area contributed by atoms with Crippen molar-refractivity contribution < 1.29 is 10.2 Å². The van der Waals surface area contributed by atoms with Gasteiger partial charge < -0.3 is 10.2 Å². The van der Waals surface area contributed by atoms with Gasteiger partial charge in [0.25, 0.3) is 0 Å². The molecule has 5 fully saturated rings. The topological polar surface area (TPSA) is 40.5 Å². The predicted octanol–water partition coefficient (Wildman–Crippen LogP) is 4.57. The Hall–Kier alpha value is -0.0800. The van der Waals surface area contributed by atoms with Crippen LogP contribution in [-0.2, 0) is 0 Å². The highest BCUT2D eigenvalue weighted by Crippen LogP contribution is 2.82. The van der Waals surface area contributed by atoms with Crippen LogP contribution in [0.15, 0.2) is 0 Å². The molecule has 0 aromatic heterocycles. The highest BCUT2D eigenvalue weighted by atomic mass is 16.3. The van der Waals surface area contributed by atoms with Gasteiger partial charge >= 0.3 is 0 Å². The van der Waals surface area contributed by atoms with E-state index in [1.807, 2.05) is 0 Å². The SMILES string of the molecule is O[C@H]1CCC2(CCCC2)[C@@]12[C@@H](O)CC[C@]21CCCC12CCCC2. The predicted molar refractivity (Wildman–Crippen MR) is 91.0 cm³/mol. The lowest BCUT2D eigenvalue weighted by atomic mass is 9.44. The lowest BCUT2D eigenvalue weighted by molar-refractivity contribution is -0.195. The molecule has 4 spiro atoms. The zero-order chi connectivity index (χ0) is 15.8. The van der Waals surface area contributed by atoms with Crippen molar-refractivity contribution in [1.82, 2.24) is 0 Å². The Labute approximate surface area is 141 Å². The first-order chi connectivity index (χ1) is 11.1. The summed E-state index contributed by atoms with van der Waals surface area (Å²) in [6, 6.07) is 0. The Bertz CT molecular complexity index is 477. The van der Waals surface area contributed by atoms with Crippen LogP contribution >= 0.6 is 0 Å². The van der Waals surface area contributed by atoms with Gasteiger partial charge in [-0.1, -0.05) is 32.1 Å². The van der Waals surface area contributed by atoms with E-state index in [4.69, 9.17) is 0 Å². The van der Waals surface area contributed by atoms with Crippen LogP contribution in [0.25, 0.3) is 0 Å². The lowest BCUT2D eigenvalue weighted by Gasteiger charge is -2.60. The summed E-state index contributed by atoms with van der Waals surface area (Å²) in [6.45, 7) is 0. The average molecular weight is 319 g/mol. The molecule has 0 unspecified atom stereocenters. The Kier molecular flexibility index (Phi) is 3.14. The molecule has 130 valence electrons. The molecule has 4 atom stereocenters. The molecule has 0 aliphatic heterocycles. The molecule has 5 aliphatic rings. The molecule has 2 nitrogen and oxygen atoms in total. The van der Waals surface area contributed by atoms with E-state index >= 15 is 0 Å². The number of aliphatic hydroxyl groups excluding tert-OH is 2. The summed E-state index contributed by atoms with van der Waals surface area (Å²) in [5, 5.41) is 22.8. The minimum atomic E-state index is -0.242. The molecule has 5 aliphatic carbocycles. The summed E-state index contributed by atoms with van der Waals surface area (Å²) in [7, 11) is 0. The summed E-state index contributed by atoms with van der Waals surface area (Å²) in [5.41, 5.74) is 0.834. The summed E-state index contributed by atoms with van der Waals surface area (Å²) in [5.74, 6) is 0. The maximum Gasteiger partial charge on any atom is 0.0632 e. The normalized spacial score (nSPS) is 50.3. The maximum atomic E-state index is 11.4. The zero-order valence-corrected chi connectivity index (χ0v) is 14.7. The van der Waals surface area contributed by atoms with E-state index in [2.05, 4.69) is 0 Å². The molecular formula is C21H34O2. The van der Waals surface area contributed by atoms with Gasteiger partial charge in [-0.25, -0.2) is 0 Å². The maximum absolute atomic E-state index is 11.4. The number of hydrogen-bond acceptors (Lipinski definition) is 2. The molecule has 23 heavy (non-hydrogen) atoms. The quantitative estimate of drug-likeness (QED) is 0.686. The third-order valence-corrected chi connectivity index (χ3v) is 9.86. The summed E-state index contributed by atoms with van der Waals surface area (Å²) >= 11 is 0. The van der Waals surface area contributed by atoms with Crippen molar-refractivity contribution in [2.45, 2.75) is 109 Å². The number of aliphatic hydroxyl groups is 2. The molecule has 0 saturated heterocycles. The number of fused-ring (bicyclic) bond motifs is 3. The van der Waals surface area contributed by atoms with E-state index in [0.717, 1.165) is 12.8 Å². The van der Waals surface area contributed by atoms with Gasteiger partial charge in [-0.3, -0.25) is 0 Å². The first kappa shape index (κ1) is 15.2. The number of hydrogen-bond donors (Lipinski definition) is 2. The Morgan fingerprint density at radius 1 is 0.522 bits per heavy atom. The largest absolute Gasteiger partial charge is 0.392 e. The van der Waals surface area contributed by atoms with Crippen molar-refractivity contribution in [3.63, 3.8) is 0 Å². The van der Waals surface area contributed by atoms with Gasteiger partial charge in [0.15, 0.2) is 0 Å². The Balaban J connectivity index is 1.72. The molecule has 0 aromatic carbocycles. The van der Waals surface area contributed by atoms with Crippen molar-refractivity contribution in [2.24, 2.45) is 21.7 Å². The molecule has 0 heterocycles. The van der Waals surface area contributed by atoms with Crippen LogP contribution in [-0.4, -0.2) is 22.4 Å². The van der Waals surface area contributed by atoms with Crippen LogP contribution in [0.5, 0.6) is 0 Å². The highest BCUT2D eigenvalue weighted by molar-refractivity contribution is 5.27. The first-order valence-corrected chi connectivity index (χ1v) is 10.5. The number of rotatable bonds is 0. The van der Waals surface area contributed by atoms with E-state index in [-0.39, 0.29) is 28.5 Å². The van der Waals surface area contributed by atoms with Crippen LogP contribution in [0.1, 0.15) is 96.3 Å². The zero-order valence-electron chi connectivity index (χ0n) is 14.7. The van der Waals surface area contributed by atoms with Crippen molar-refractivity contribution in [1.29, 1.82) is 0 Å². The molecule has 0 radical (unpaired) electrons. The fourth-order valence-corrected chi connectivity index (χ4v) is 9.50. The Morgan fingerprint density at radius 2 is 1.04 bits per heavy atom.